The molecule has 0 aliphatic carbocycles. The molecule has 3 saturated heterocycles. The zero-order chi connectivity index (χ0) is 31.9. The SMILES string of the molecule is C.C1CCOC1.CC(C)OC[C@H]1OCC[C@H]1OP(=O)(O)OC(C)C.CC(C)OC[C@H]1O[C@@H](C)C[C@H]1OP(=O)(O)OC(C)C. The molecule has 0 aromatic rings. The minimum absolute atomic E-state index is 0. The van der Waals surface area contributed by atoms with Crippen LogP contribution in [-0.2, 0) is 50.9 Å². The first kappa shape index (κ1) is 43.0. The topological polar surface area (TPSA) is 158 Å². The van der Waals surface area contributed by atoms with Crippen molar-refractivity contribution in [1.82, 2.24) is 0 Å². The van der Waals surface area contributed by atoms with Crippen LogP contribution in [0.2, 0.25) is 0 Å². The number of ether oxygens (including phenoxy) is 5. The standard InChI is InChI=1S/C12H25O6P.C11H23O6P.C4H8O.CH4/c1-8(2)15-7-12-11(6-10(5)16-12)18-19(13,14)17-9(3)4;1-8(2)15-7-11-10(5-6-14-11)17-18(12,13)16-9(3)4;1-2-4-5-3-1;/h8-12H,6-7H2,1-5H3,(H,13,14);8-11H,5-7H2,1-4H3,(H,12,13);1-4H2;1H4/t10-,11+,12+;10-,11-;;/m01../s1. The molecule has 43 heavy (non-hydrogen) atoms. The van der Waals surface area contributed by atoms with E-state index in [1.54, 1.807) is 27.7 Å². The molecule has 3 aliphatic heterocycles. The Morgan fingerprint density at radius 1 is 0.721 bits per heavy atom. The van der Waals surface area contributed by atoms with Crippen molar-refractivity contribution in [1.29, 1.82) is 0 Å². The van der Waals surface area contributed by atoms with E-state index >= 15 is 0 Å². The van der Waals surface area contributed by atoms with E-state index in [4.69, 9.17) is 41.8 Å². The first-order valence-corrected chi connectivity index (χ1v) is 18.0. The van der Waals surface area contributed by atoms with Crippen molar-refractivity contribution in [2.24, 2.45) is 0 Å². The molecule has 0 aromatic carbocycles. The molecule has 3 rings (SSSR count). The summed E-state index contributed by atoms with van der Waals surface area (Å²) in [4.78, 5) is 19.2. The third kappa shape index (κ3) is 20.7. The van der Waals surface area contributed by atoms with Crippen molar-refractivity contribution >= 4 is 15.6 Å². The zero-order valence-corrected chi connectivity index (χ0v) is 28.6. The second-order valence-electron chi connectivity index (χ2n) is 11.5. The summed E-state index contributed by atoms with van der Waals surface area (Å²) < 4.78 is 70.5. The number of hydrogen-bond donors (Lipinski definition) is 2. The molecule has 0 aromatic heterocycles. The maximum Gasteiger partial charge on any atom is 0.472 e. The van der Waals surface area contributed by atoms with Gasteiger partial charge in [-0.25, -0.2) is 9.13 Å². The lowest BCUT2D eigenvalue weighted by molar-refractivity contribution is -0.0562. The minimum Gasteiger partial charge on any atom is -0.381 e. The van der Waals surface area contributed by atoms with Crippen LogP contribution in [-0.4, -0.2) is 97.8 Å². The molecule has 2 unspecified atom stereocenters. The highest BCUT2D eigenvalue weighted by atomic mass is 31.2. The predicted octanol–water partition coefficient (Wildman–Crippen LogP) is 6.04. The highest BCUT2D eigenvalue weighted by molar-refractivity contribution is 7.47. The Bertz CT molecular complexity index is 800. The van der Waals surface area contributed by atoms with Crippen LogP contribution in [0.25, 0.3) is 0 Å². The fraction of sp³-hybridized carbons (Fsp3) is 1.00. The molecule has 3 aliphatic rings. The number of phosphoric ester groups is 2. The minimum atomic E-state index is -4.04. The van der Waals surface area contributed by atoms with Gasteiger partial charge in [-0.05, 0) is 75.2 Å². The van der Waals surface area contributed by atoms with E-state index in [1.165, 1.54) is 12.8 Å². The summed E-state index contributed by atoms with van der Waals surface area (Å²) in [6.45, 7) is 19.5. The summed E-state index contributed by atoms with van der Waals surface area (Å²) in [5, 5.41) is 0. The predicted molar refractivity (Wildman–Crippen MR) is 164 cm³/mol. The van der Waals surface area contributed by atoms with Gasteiger partial charge in [-0.2, -0.15) is 0 Å². The maximum absolute atomic E-state index is 11.8. The number of rotatable bonds is 14. The van der Waals surface area contributed by atoms with Crippen LogP contribution in [0.3, 0.4) is 0 Å². The molecule has 3 heterocycles. The quantitative estimate of drug-likeness (QED) is 0.207. The Morgan fingerprint density at radius 3 is 1.60 bits per heavy atom. The summed E-state index contributed by atoms with van der Waals surface area (Å²) in [6, 6.07) is 0. The highest BCUT2D eigenvalue weighted by Crippen LogP contribution is 2.49. The van der Waals surface area contributed by atoms with Crippen LogP contribution >= 0.6 is 15.6 Å². The van der Waals surface area contributed by atoms with Gasteiger partial charge in [0.05, 0.1) is 43.7 Å². The van der Waals surface area contributed by atoms with E-state index in [-0.39, 0.29) is 50.2 Å². The van der Waals surface area contributed by atoms with Gasteiger partial charge >= 0.3 is 15.6 Å². The van der Waals surface area contributed by atoms with Crippen LogP contribution in [0.4, 0.5) is 0 Å². The maximum atomic E-state index is 11.8. The van der Waals surface area contributed by atoms with Crippen molar-refractivity contribution in [3.8, 4) is 0 Å². The fourth-order valence-corrected chi connectivity index (χ4v) is 6.40. The zero-order valence-electron chi connectivity index (χ0n) is 26.8. The molecule has 15 heteroatoms. The van der Waals surface area contributed by atoms with Gasteiger partial charge in [-0.3, -0.25) is 18.1 Å². The highest BCUT2D eigenvalue weighted by Gasteiger charge is 2.40. The summed E-state index contributed by atoms with van der Waals surface area (Å²) in [5.41, 5.74) is 0. The van der Waals surface area contributed by atoms with E-state index in [2.05, 4.69) is 0 Å². The van der Waals surface area contributed by atoms with E-state index in [1.807, 2.05) is 34.6 Å². The molecule has 2 N–H and O–H groups in total. The monoisotopic (exact) mass is 666 g/mol. The normalized spacial score (nSPS) is 28.2. The van der Waals surface area contributed by atoms with Crippen molar-refractivity contribution in [2.75, 3.05) is 33.0 Å². The summed E-state index contributed by atoms with van der Waals surface area (Å²) in [5.74, 6) is 0. The second-order valence-corrected chi connectivity index (χ2v) is 14.3. The summed E-state index contributed by atoms with van der Waals surface area (Å²) in [7, 11) is -8.06. The molecule has 0 bridgehead atoms. The Balaban J connectivity index is 0.000000690. The molecule has 13 nitrogen and oxygen atoms in total. The fourth-order valence-electron chi connectivity index (χ4n) is 4.09. The lowest BCUT2D eigenvalue weighted by Gasteiger charge is -2.23. The average molecular weight is 667 g/mol. The molecule has 0 amide bonds. The lowest BCUT2D eigenvalue weighted by Crippen LogP contribution is -2.30. The molecular formula is C28H60O13P2. The smallest absolute Gasteiger partial charge is 0.381 e. The van der Waals surface area contributed by atoms with E-state index < -0.39 is 27.9 Å². The van der Waals surface area contributed by atoms with E-state index in [9.17, 15) is 18.9 Å². The molecule has 3 fully saturated rings. The lowest BCUT2D eigenvalue weighted by atomic mass is 10.1. The molecule has 0 spiro atoms. The number of phosphoric acid groups is 2. The van der Waals surface area contributed by atoms with Crippen LogP contribution in [0.5, 0.6) is 0 Å². The van der Waals surface area contributed by atoms with Crippen molar-refractivity contribution in [2.45, 2.75) is 150 Å². The Hall–Kier alpha value is 0.0200. The van der Waals surface area contributed by atoms with E-state index in [0.717, 1.165) is 13.2 Å². The molecule has 260 valence electrons. The Labute approximate surface area is 259 Å². The van der Waals surface area contributed by atoms with Crippen molar-refractivity contribution in [3.63, 3.8) is 0 Å². The summed E-state index contributed by atoms with van der Waals surface area (Å²) in [6.07, 6.45) is 1.48. The van der Waals surface area contributed by atoms with Gasteiger partial charge < -0.3 is 33.5 Å². The first-order valence-electron chi connectivity index (χ1n) is 15.0. The van der Waals surface area contributed by atoms with Gasteiger partial charge in [0, 0.05) is 32.7 Å². The van der Waals surface area contributed by atoms with Gasteiger partial charge in [0.25, 0.3) is 0 Å². The van der Waals surface area contributed by atoms with Crippen LogP contribution in [0, 0.1) is 0 Å². The molecular weight excluding hydrogens is 606 g/mol. The third-order valence-corrected chi connectivity index (χ3v) is 8.23. The van der Waals surface area contributed by atoms with Crippen LogP contribution in [0.1, 0.15) is 95.4 Å². The molecule has 0 saturated carbocycles. The van der Waals surface area contributed by atoms with Gasteiger partial charge in [-0.1, -0.05) is 7.43 Å². The molecule has 7 atom stereocenters. The largest absolute Gasteiger partial charge is 0.472 e. The van der Waals surface area contributed by atoms with Gasteiger partial charge in [0.15, 0.2) is 0 Å². The Kier molecular flexibility index (Phi) is 21.8. The van der Waals surface area contributed by atoms with E-state index in [0.29, 0.717) is 32.7 Å². The van der Waals surface area contributed by atoms with Crippen LogP contribution < -0.4 is 0 Å². The van der Waals surface area contributed by atoms with Gasteiger partial charge in [0.1, 0.15) is 24.4 Å². The Morgan fingerprint density at radius 2 is 1.19 bits per heavy atom. The third-order valence-electron chi connectivity index (χ3n) is 5.78. The summed E-state index contributed by atoms with van der Waals surface area (Å²) >= 11 is 0. The van der Waals surface area contributed by atoms with Crippen molar-refractivity contribution in [3.05, 3.63) is 0 Å². The average Bonchev–Trinajstić information content (AvgIpc) is 3.58. The molecule has 0 radical (unpaired) electrons. The first-order chi connectivity index (χ1) is 19.5. The van der Waals surface area contributed by atoms with Gasteiger partial charge in [-0.15, -0.1) is 0 Å². The van der Waals surface area contributed by atoms with Crippen LogP contribution in [0.15, 0.2) is 0 Å². The van der Waals surface area contributed by atoms with Crippen molar-refractivity contribution < 1.29 is 60.7 Å². The van der Waals surface area contributed by atoms with Gasteiger partial charge in [0.2, 0.25) is 0 Å². The second kappa shape index (κ2) is 21.7. The number of hydrogen-bond acceptors (Lipinski definition) is 11.